The maximum atomic E-state index is 13.4. The van der Waals surface area contributed by atoms with Crippen LogP contribution in [-0.2, 0) is 4.79 Å². The van der Waals surface area contributed by atoms with Crippen LogP contribution in [0.2, 0.25) is 0 Å². The first kappa shape index (κ1) is 36.3. The number of rotatable bonds is 20. The van der Waals surface area contributed by atoms with Gasteiger partial charge < -0.3 is 9.64 Å². The third-order valence-electron chi connectivity index (χ3n) is 9.16. The van der Waals surface area contributed by atoms with Crippen molar-refractivity contribution in [3.63, 3.8) is 0 Å². The molecule has 2 heterocycles. The van der Waals surface area contributed by atoms with Crippen LogP contribution in [0.25, 0.3) is 16.6 Å². The smallest absolute Gasteiger partial charge is 0.265 e. The van der Waals surface area contributed by atoms with Crippen molar-refractivity contribution in [1.29, 1.82) is 0 Å². The van der Waals surface area contributed by atoms with Gasteiger partial charge in [-0.25, -0.2) is 4.98 Å². The van der Waals surface area contributed by atoms with Gasteiger partial charge in [-0.05, 0) is 50.6 Å². The van der Waals surface area contributed by atoms with E-state index in [9.17, 15) is 14.4 Å². The maximum Gasteiger partial charge on any atom is 0.265 e. The minimum absolute atomic E-state index is 0.0316. The molecule has 256 valence electrons. The summed E-state index contributed by atoms with van der Waals surface area (Å²) in [6.07, 6.45) is 18.9. The van der Waals surface area contributed by atoms with E-state index in [1.165, 1.54) is 81.5 Å². The van der Waals surface area contributed by atoms with E-state index >= 15 is 0 Å². The molecular formula is C39H56N4O4. The second kappa shape index (κ2) is 19.3. The topological polar surface area (TPSA) is 84.7 Å². The Morgan fingerprint density at radius 3 is 2.06 bits per heavy atom. The number of ether oxygens (including phenoxy) is 1. The van der Waals surface area contributed by atoms with E-state index in [4.69, 9.17) is 4.74 Å². The molecule has 0 aliphatic carbocycles. The van der Waals surface area contributed by atoms with Gasteiger partial charge in [0.15, 0.2) is 5.78 Å². The van der Waals surface area contributed by atoms with Crippen LogP contribution in [0.5, 0.6) is 5.75 Å². The number of ketones is 1. The Kier molecular flexibility index (Phi) is 14.9. The zero-order chi connectivity index (χ0) is 33.4. The summed E-state index contributed by atoms with van der Waals surface area (Å²) >= 11 is 0. The number of piperazine rings is 1. The molecule has 8 nitrogen and oxygen atoms in total. The Balaban J connectivity index is 1.20. The molecule has 0 saturated carbocycles. The van der Waals surface area contributed by atoms with E-state index in [1.807, 2.05) is 30.9 Å². The number of amides is 1. The van der Waals surface area contributed by atoms with Crippen molar-refractivity contribution in [2.24, 2.45) is 0 Å². The first-order chi connectivity index (χ1) is 22.9. The molecule has 2 aromatic carbocycles. The number of fused-ring (bicyclic) bond motifs is 1. The van der Waals surface area contributed by atoms with Crippen LogP contribution >= 0.6 is 0 Å². The van der Waals surface area contributed by atoms with Crippen LogP contribution in [0.4, 0.5) is 0 Å². The third-order valence-corrected chi connectivity index (χ3v) is 9.16. The number of hydrogen-bond donors (Lipinski definition) is 0. The van der Waals surface area contributed by atoms with Gasteiger partial charge in [0.1, 0.15) is 12.1 Å². The van der Waals surface area contributed by atoms with Crippen molar-refractivity contribution in [2.75, 3.05) is 32.7 Å². The number of unbranched alkanes of at least 4 members (excludes halogenated alkanes) is 12. The van der Waals surface area contributed by atoms with Crippen LogP contribution in [0.3, 0.4) is 0 Å². The van der Waals surface area contributed by atoms with Gasteiger partial charge in [-0.3, -0.25) is 23.9 Å². The Morgan fingerprint density at radius 1 is 0.809 bits per heavy atom. The lowest BCUT2D eigenvalue weighted by molar-refractivity contribution is -0.133. The summed E-state index contributed by atoms with van der Waals surface area (Å²) in [6, 6.07) is 12.5. The summed E-state index contributed by atoms with van der Waals surface area (Å²) in [5.74, 6) is 0.723. The van der Waals surface area contributed by atoms with Crippen molar-refractivity contribution in [2.45, 2.75) is 117 Å². The highest BCUT2D eigenvalue weighted by Gasteiger charge is 2.23. The van der Waals surface area contributed by atoms with E-state index in [-0.39, 0.29) is 29.9 Å². The minimum Gasteiger partial charge on any atom is -0.489 e. The lowest BCUT2D eigenvalue weighted by Gasteiger charge is -2.34. The number of aromatic nitrogens is 2. The first-order valence-electron chi connectivity index (χ1n) is 18.2. The fourth-order valence-corrected chi connectivity index (χ4v) is 6.38. The summed E-state index contributed by atoms with van der Waals surface area (Å²) in [5.41, 5.74) is 1.41. The minimum atomic E-state index is -0.214. The van der Waals surface area contributed by atoms with Gasteiger partial charge in [-0.1, -0.05) is 96.1 Å². The lowest BCUT2D eigenvalue weighted by Crippen LogP contribution is -2.49. The molecule has 4 rings (SSSR count). The van der Waals surface area contributed by atoms with E-state index in [1.54, 1.807) is 30.3 Å². The van der Waals surface area contributed by atoms with Gasteiger partial charge in [0.05, 0.1) is 29.2 Å². The van der Waals surface area contributed by atoms with E-state index in [0.717, 1.165) is 12.8 Å². The molecular weight excluding hydrogens is 588 g/mol. The number of Topliss-reactive ketones (excluding diaryl/α,β-unsaturated/α-hetero) is 1. The van der Waals surface area contributed by atoms with Gasteiger partial charge in [-0.2, -0.15) is 0 Å². The molecule has 1 amide bonds. The number of carbonyl (C=O) groups excluding carboxylic acids is 2. The van der Waals surface area contributed by atoms with Crippen LogP contribution < -0.4 is 10.3 Å². The highest BCUT2D eigenvalue weighted by molar-refractivity contribution is 5.98. The lowest BCUT2D eigenvalue weighted by atomic mass is 10.0. The SMILES string of the molecule is CCCCCCCCCCCCCCCC(=O)N1CCN(CC(=O)c2ccc(OC(C)C)c(-n3cnc4ccccc4c3=O)c2)CC1. The number of nitrogens with zero attached hydrogens (tertiary/aromatic N) is 4. The molecule has 0 spiro atoms. The molecule has 1 aliphatic rings. The van der Waals surface area contributed by atoms with Crippen LogP contribution in [0.1, 0.15) is 121 Å². The average Bonchev–Trinajstić information content (AvgIpc) is 3.07. The molecule has 1 aliphatic heterocycles. The highest BCUT2D eigenvalue weighted by Crippen LogP contribution is 2.26. The van der Waals surface area contributed by atoms with Gasteiger partial charge in [-0.15, -0.1) is 0 Å². The molecule has 0 unspecified atom stereocenters. The largest absolute Gasteiger partial charge is 0.489 e. The van der Waals surface area contributed by atoms with Crippen LogP contribution in [-0.4, -0.2) is 69.9 Å². The molecule has 1 aromatic heterocycles. The molecule has 1 saturated heterocycles. The number of benzene rings is 2. The number of hydrogen-bond acceptors (Lipinski definition) is 6. The number of carbonyl (C=O) groups is 2. The fourth-order valence-electron chi connectivity index (χ4n) is 6.38. The zero-order valence-corrected chi connectivity index (χ0v) is 29.1. The molecule has 3 aromatic rings. The summed E-state index contributed by atoms with van der Waals surface area (Å²) in [7, 11) is 0. The quantitative estimate of drug-likeness (QED) is 0.0916. The maximum absolute atomic E-state index is 13.4. The molecule has 8 heteroatoms. The van der Waals surface area contributed by atoms with Crippen LogP contribution in [0.15, 0.2) is 53.6 Å². The normalized spacial score (nSPS) is 13.8. The standard InChI is InChI=1S/C39H56N4O4/c1-4-5-6-7-8-9-10-11-12-13-14-15-16-21-38(45)42-26-24-41(25-27-42)29-36(44)32-22-23-37(47-31(2)3)35(28-32)43-30-40-34-20-18-17-19-33(34)39(43)46/h17-20,22-23,28,30-31H,4-16,21,24-27,29H2,1-3H3. The van der Waals surface area contributed by atoms with Crippen molar-refractivity contribution in [3.05, 3.63) is 64.7 Å². The molecule has 1 fully saturated rings. The Hall–Kier alpha value is -3.52. The van der Waals surface area contributed by atoms with Crippen molar-refractivity contribution in [3.8, 4) is 11.4 Å². The second-order valence-corrected chi connectivity index (χ2v) is 13.4. The van der Waals surface area contributed by atoms with Crippen molar-refractivity contribution in [1.82, 2.24) is 19.4 Å². The molecule has 0 bridgehead atoms. The van der Waals surface area contributed by atoms with Gasteiger partial charge in [0.25, 0.3) is 5.56 Å². The van der Waals surface area contributed by atoms with Crippen LogP contribution in [0, 0.1) is 0 Å². The zero-order valence-electron chi connectivity index (χ0n) is 29.1. The van der Waals surface area contributed by atoms with Gasteiger partial charge in [0, 0.05) is 38.2 Å². The Labute approximate surface area is 281 Å². The Bertz CT molecular complexity index is 1480. The van der Waals surface area contributed by atoms with Crippen molar-refractivity contribution >= 4 is 22.6 Å². The van der Waals surface area contributed by atoms with E-state index in [2.05, 4.69) is 16.8 Å². The van der Waals surface area contributed by atoms with Gasteiger partial charge in [0.2, 0.25) is 5.91 Å². The summed E-state index contributed by atoms with van der Waals surface area (Å²) in [5, 5.41) is 0.503. The van der Waals surface area contributed by atoms with Gasteiger partial charge >= 0.3 is 0 Å². The molecule has 0 radical (unpaired) electrons. The molecule has 0 atom stereocenters. The Morgan fingerprint density at radius 2 is 1.43 bits per heavy atom. The monoisotopic (exact) mass is 644 g/mol. The summed E-state index contributed by atoms with van der Waals surface area (Å²) in [6.45, 7) is 9.02. The highest BCUT2D eigenvalue weighted by atomic mass is 16.5. The first-order valence-corrected chi connectivity index (χ1v) is 18.2. The number of para-hydroxylation sites is 1. The summed E-state index contributed by atoms with van der Waals surface area (Å²) < 4.78 is 7.47. The fraction of sp³-hybridized carbons (Fsp3) is 0.590. The second-order valence-electron chi connectivity index (χ2n) is 13.4. The third kappa shape index (κ3) is 11.3. The predicted molar refractivity (Wildman–Crippen MR) is 191 cm³/mol. The summed E-state index contributed by atoms with van der Waals surface area (Å²) in [4.78, 5) is 48.2. The molecule has 47 heavy (non-hydrogen) atoms. The van der Waals surface area contributed by atoms with E-state index < -0.39 is 0 Å². The predicted octanol–water partition coefficient (Wildman–Crippen LogP) is 7.98. The average molecular weight is 645 g/mol. The van der Waals surface area contributed by atoms with E-state index in [0.29, 0.717) is 60.5 Å². The van der Waals surface area contributed by atoms with Crippen molar-refractivity contribution < 1.29 is 14.3 Å². The molecule has 0 N–H and O–H groups in total.